The number of rotatable bonds is 5. The molecule has 0 N–H and O–H groups in total. The molecule has 1 saturated heterocycles. The molecule has 0 radical (unpaired) electrons. The van der Waals surface area contributed by atoms with Crippen LogP contribution in [0.1, 0.15) is 47.5 Å². The number of amides is 1. The van der Waals surface area contributed by atoms with Crippen molar-refractivity contribution in [3.8, 4) is 0 Å². The van der Waals surface area contributed by atoms with Gasteiger partial charge < -0.3 is 14.4 Å². The minimum absolute atomic E-state index is 0.136. The van der Waals surface area contributed by atoms with Crippen LogP contribution in [0.5, 0.6) is 0 Å². The zero-order chi connectivity index (χ0) is 15.9. The minimum Gasteiger partial charge on any atom is -0.448 e. The third kappa shape index (κ3) is 6.04. The summed E-state index contributed by atoms with van der Waals surface area (Å²) in [5.74, 6) is 1.15. The highest BCUT2D eigenvalue weighted by Gasteiger charge is 2.31. The van der Waals surface area contributed by atoms with Crippen molar-refractivity contribution in [1.29, 1.82) is 0 Å². The lowest BCUT2D eigenvalue weighted by molar-refractivity contribution is 0.0634. The molecule has 0 atom stereocenters. The number of nitrogens with zero attached hydrogens (tertiary/aromatic N) is 2. The second-order valence-corrected chi connectivity index (χ2v) is 6.64. The van der Waals surface area contributed by atoms with Crippen molar-refractivity contribution >= 4 is 11.9 Å². The average molecular weight is 298 g/mol. The van der Waals surface area contributed by atoms with E-state index in [2.05, 4.69) is 30.7 Å². The molecule has 0 spiro atoms. The summed E-state index contributed by atoms with van der Waals surface area (Å²) in [6.45, 7) is 13.8. The maximum absolute atomic E-state index is 12.0. The standard InChI is InChI=1S/C16H30N2O3/c1-6-7-16(4,5)14(18-8-10-20-11-9-18)17-15(19)21-12-13(2)3/h13H,6-12H2,1-5H3/b17-14-. The maximum Gasteiger partial charge on any atom is 0.435 e. The van der Waals surface area contributed by atoms with E-state index in [1.54, 1.807) is 0 Å². The van der Waals surface area contributed by atoms with E-state index in [1.807, 2.05) is 13.8 Å². The van der Waals surface area contributed by atoms with Crippen molar-refractivity contribution in [2.45, 2.75) is 47.5 Å². The van der Waals surface area contributed by atoms with E-state index >= 15 is 0 Å². The first kappa shape index (κ1) is 18.0. The summed E-state index contributed by atoms with van der Waals surface area (Å²) in [7, 11) is 0. The number of ether oxygens (including phenoxy) is 2. The van der Waals surface area contributed by atoms with E-state index in [0.29, 0.717) is 25.7 Å². The number of carbonyl (C=O) groups excluding carboxylic acids is 1. The Kier molecular flexibility index (Phi) is 7.15. The van der Waals surface area contributed by atoms with Crippen LogP contribution in [0.3, 0.4) is 0 Å². The molecule has 1 amide bonds. The molecular weight excluding hydrogens is 268 g/mol. The van der Waals surface area contributed by atoms with Crippen molar-refractivity contribution in [3.05, 3.63) is 0 Å². The van der Waals surface area contributed by atoms with Gasteiger partial charge in [0.1, 0.15) is 5.84 Å². The number of aliphatic imine (C=N–C) groups is 1. The summed E-state index contributed by atoms with van der Waals surface area (Å²) in [5, 5.41) is 0. The Labute approximate surface area is 128 Å². The van der Waals surface area contributed by atoms with Gasteiger partial charge >= 0.3 is 6.09 Å². The Morgan fingerprint density at radius 1 is 1.33 bits per heavy atom. The molecule has 0 aromatic heterocycles. The van der Waals surface area contributed by atoms with Gasteiger partial charge in [-0.25, -0.2) is 4.79 Å². The molecule has 5 nitrogen and oxygen atoms in total. The van der Waals surface area contributed by atoms with Crippen molar-refractivity contribution < 1.29 is 14.3 Å². The molecule has 0 unspecified atom stereocenters. The Balaban J connectivity index is 2.86. The molecule has 1 aliphatic heterocycles. The van der Waals surface area contributed by atoms with Gasteiger partial charge in [0.05, 0.1) is 19.8 Å². The first-order valence-corrected chi connectivity index (χ1v) is 7.95. The van der Waals surface area contributed by atoms with Gasteiger partial charge in [-0.1, -0.05) is 41.0 Å². The Morgan fingerprint density at radius 2 is 1.95 bits per heavy atom. The molecule has 5 heteroatoms. The molecule has 1 aliphatic rings. The van der Waals surface area contributed by atoms with Crippen LogP contribution in [0.15, 0.2) is 4.99 Å². The molecule has 0 saturated carbocycles. The first-order chi connectivity index (χ1) is 9.86. The fourth-order valence-corrected chi connectivity index (χ4v) is 2.52. The molecule has 1 fully saturated rings. The topological polar surface area (TPSA) is 51.1 Å². The number of hydrogen-bond acceptors (Lipinski definition) is 3. The summed E-state index contributed by atoms with van der Waals surface area (Å²) in [6.07, 6.45) is 1.56. The molecule has 1 heterocycles. The molecule has 122 valence electrons. The van der Waals surface area contributed by atoms with Gasteiger partial charge in [0.25, 0.3) is 0 Å². The summed E-state index contributed by atoms with van der Waals surface area (Å²) < 4.78 is 10.6. The predicted molar refractivity (Wildman–Crippen MR) is 84.7 cm³/mol. The molecule has 21 heavy (non-hydrogen) atoms. The summed E-state index contributed by atoms with van der Waals surface area (Å²) in [5.41, 5.74) is -0.136. The number of amidine groups is 1. The monoisotopic (exact) mass is 298 g/mol. The summed E-state index contributed by atoms with van der Waals surface area (Å²) in [4.78, 5) is 18.4. The second kappa shape index (κ2) is 8.37. The molecule has 0 aliphatic carbocycles. The lowest BCUT2D eigenvalue weighted by Crippen LogP contribution is -2.47. The highest BCUT2D eigenvalue weighted by Crippen LogP contribution is 2.27. The summed E-state index contributed by atoms with van der Waals surface area (Å²) in [6, 6.07) is 0. The summed E-state index contributed by atoms with van der Waals surface area (Å²) >= 11 is 0. The average Bonchev–Trinajstić information content (AvgIpc) is 2.43. The SMILES string of the molecule is CCCC(C)(C)/C(=N/C(=O)OCC(C)C)N1CCOCC1. The highest BCUT2D eigenvalue weighted by molar-refractivity contribution is 5.95. The second-order valence-electron chi connectivity index (χ2n) is 6.64. The van der Waals surface area contributed by atoms with Crippen molar-refractivity contribution in [2.75, 3.05) is 32.9 Å². The normalized spacial score (nSPS) is 17.2. The lowest BCUT2D eigenvalue weighted by Gasteiger charge is -2.37. The van der Waals surface area contributed by atoms with Gasteiger partial charge in [-0.15, -0.1) is 0 Å². The number of hydrogen-bond donors (Lipinski definition) is 0. The van der Waals surface area contributed by atoms with Gasteiger partial charge in [-0.3, -0.25) is 0 Å². The van der Waals surface area contributed by atoms with E-state index in [-0.39, 0.29) is 5.41 Å². The van der Waals surface area contributed by atoms with Crippen LogP contribution in [-0.4, -0.2) is 49.7 Å². The van der Waals surface area contributed by atoms with E-state index in [9.17, 15) is 4.79 Å². The Hall–Kier alpha value is -1.10. The van der Waals surface area contributed by atoms with E-state index in [0.717, 1.165) is 31.8 Å². The van der Waals surface area contributed by atoms with Crippen LogP contribution in [-0.2, 0) is 9.47 Å². The highest BCUT2D eigenvalue weighted by atomic mass is 16.5. The number of carbonyl (C=O) groups is 1. The Bertz CT molecular complexity index is 359. The fourth-order valence-electron chi connectivity index (χ4n) is 2.52. The van der Waals surface area contributed by atoms with Crippen LogP contribution in [0, 0.1) is 11.3 Å². The molecule has 0 bridgehead atoms. The van der Waals surface area contributed by atoms with E-state index < -0.39 is 6.09 Å². The largest absolute Gasteiger partial charge is 0.448 e. The van der Waals surface area contributed by atoms with Crippen molar-refractivity contribution in [3.63, 3.8) is 0 Å². The number of morpholine rings is 1. The fraction of sp³-hybridized carbons (Fsp3) is 0.875. The zero-order valence-electron chi connectivity index (χ0n) is 14.1. The van der Waals surface area contributed by atoms with Gasteiger partial charge in [0.2, 0.25) is 0 Å². The molecule has 0 aromatic rings. The zero-order valence-corrected chi connectivity index (χ0v) is 14.1. The van der Waals surface area contributed by atoms with E-state index in [1.165, 1.54) is 0 Å². The first-order valence-electron chi connectivity index (χ1n) is 7.95. The van der Waals surface area contributed by atoms with Crippen LogP contribution in [0.25, 0.3) is 0 Å². The van der Waals surface area contributed by atoms with Crippen LogP contribution >= 0.6 is 0 Å². The third-order valence-electron chi connectivity index (χ3n) is 3.53. The molecular formula is C16H30N2O3. The van der Waals surface area contributed by atoms with Gasteiger partial charge in [0, 0.05) is 18.5 Å². The predicted octanol–water partition coefficient (Wildman–Crippen LogP) is 3.34. The van der Waals surface area contributed by atoms with Crippen LogP contribution in [0.2, 0.25) is 0 Å². The smallest absolute Gasteiger partial charge is 0.435 e. The Morgan fingerprint density at radius 3 is 2.48 bits per heavy atom. The van der Waals surface area contributed by atoms with E-state index in [4.69, 9.17) is 9.47 Å². The van der Waals surface area contributed by atoms with Crippen molar-refractivity contribution in [2.24, 2.45) is 16.3 Å². The van der Waals surface area contributed by atoms with Crippen molar-refractivity contribution in [1.82, 2.24) is 4.90 Å². The van der Waals surface area contributed by atoms with Crippen LogP contribution in [0.4, 0.5) is 4.79 Å². The maximum atomic E-state index is 12.0. The molecule has 1 rings (SSSR count). The van der Waals surface area contributed by atoms with Gasteiger partial charge in [-0.2, -0.15) is 4.99 Å². The third-order valence-corrected chi connectivity index (χ3v) is 3.53. The van der Waals surface area contributed by atoms with Gasteiger partial charge in [0.15, 0.2) is 0 Å². The molecule has 0 aromatic carbocycles. The lowest BCUT2D eigenvalue weighted by atomic mass is 9.85. The quantitative estimate of drug-likeness (QED) is 0.577. The van der Waals surface area contributed by atoms with Crippen LogP contribution < -0.4 is 0 Å². The van der Waals surface area contributed by atoms with Gasteiger partial charge in [-0.05, 0) is 12.3 Å². The minimum atomic E-state index is -0.477.